The van der Waals surface area contributed by atoms with Gasteiger partial charge in [-0.2, -0.15) is 0 Å². The minimum atomic E-state index is -0.891. The zero-order valence-electron chi connectivity index (χ0n) is 24.1. The van der Waals surface area contributed by atoms with E-state index in [9.17, 15) is 19.1 Å². The van der Waals surface area contributed by atoms with Crippen LogP contribution in [0.15, 0.2) is 65.7 Å². The minimum absolute atomic E-state index is 0.0137. The van der Waals surface area contributed by atoms with E-state index < -0.39 is 34.7 Å². The zero-order valence-corrected chi connectivity index (χ0v) is 24.1. The number of phenols is 1. The van der Waals surface area contributed by atoms with Gasteiger partial charge < -0.3 is 15.3 Å². The van der Waals surface area contributed by atoms with Gasteiger partial charge in [0.1, 0.15) is 28.9 Å². The molecule has 2 aromatic rings. The molecule has 2 amide bonds. The highest BCUT2D eigenvalue weighted by atomic mass is 19.1. The molecule has 1 fully saturated rings. The number of benzene rings is 1. The predicted molar refractivity (Wildman–Crippen MR) is 160 cm³/mol. The van der Waals surface area contributed by atoms with Crippen molar-refractivity contribution in [3.63, 3.8) is 0 Å². The van der Waals surface area contributed by atoms with E-state index in [0.29, 0.717) is 37.5 Å². The highest BCUT2D eigenvalue weighted by Gasteiger charge is 2.41. The van der Waals surface area contributed by atoms with Gasteiger partial charge in [-0.05, 0) is 62.8 Å². The Morgan fingerprint density at radius 2 is 2.05 bits per heavy atom. The van der Waals surface area contributed by atoms with Crippen LogP contribution >= 0.6 is 0 Å². The van der Waals surface area contributed by atoms with Crippen LogP contribution in [0.25, 0.3) is 11.3 Å². The summed E-state index contributed by atoms with van der Waals surface area (Å²) in [6.07, 6.45) is 11.6. The van der Waals surface area contributed by atoms with E-state index in [1.165, 1.54) is 23.1 Å². The molecule has 0 aliphatic heterocycles. The van der Waals surface area contributed by atoms with Crippen molar-refractivity contribution in [2.45, 2.75) is 45.2 Å². The van der Waals surface area contributed by atoms with Crippen LogP contribution in [-0.4, -0.2) is 65.9 Å². The second kappa shape index (κ2) is 13.5. The molecule has 4 rings (SSSR count). The van der Waals surface area contributed by atoms with Crippen molar-refractivity contribution in [1.29, 1.82) is 0 Å². The van der Waals surface area contributed by atoms with Crippen molar-refractivity contribution in [3.05, 3.63) is 77.9 Å². The molecule has 0 bridgehead atoms. The smallest absolute Gasteiger partial charge is 0.215 e. The number of aromatic hydroxyl groups is 1. The number of amides is 2. The molecule has 0 saturated heterocycles. The second-order valence-corrected chi connectivity index (χ2v) is 10.7. The van der Waals surface area contributed by atoms with E-state index in [4.69, 9.17) is 0 Å². The summed E-state index contributed by atoms with van der Waals surface area (Å²) in [5, 5.41) is 13.2. The number of carbonyl (C=O) groups is 2. The summed E-state index contributed by atoms with van der Waals surface area (Å²) in [6, 6.07) is 4.18. The first-order valence-corrected chi connectivity index (χ1v) is 14.1. The molecule has 1 saturated carbocycles. The lowest BCUT2D eigenvalue weighted by Gasteiger charge is -2.38. The number of pyridine rings is 1. The van der Waals surface area contributed by atoms with Crippen molar-refractivity contribution in [2.75, 3.05) is 25.0 Å². The van der Waals surface area contributed by atoms with Crippen molar-refractivity contribution in [3.8, 4) is 17.0 Å². The van der Waals surface area contributed by atoms with Crippen molar-refractivity contribution >= 4 is 24.5 Å². The molecule has 10 heteroatoms. The summed E-state index contributed by atoms with van der Waals surface area (Å²) < 4.78 is 31.0. The van der Waals surface area contributed by atoms with Crippen molar-refractivity contribution in [1.82, 2.24) is 15.2 Å². The standard InChI is InChI=1S/C32H37F2N5O3/c1-5-6-15-38(21(3)17-36-18-40)31(35-4)24-16-26(34)29(28-25(33)11-8-12-27(28)42)37-32(24)39(19-41)30-20(2)9-7-10-23(30)22-13-14-22/h5,7-12,16,18-19,21-23,30,42H,1,6,13-15,17H2,2-4H3,(H,36,40)/b35-31+. The number of halogens is 2. The fraction of sp³-hybridized carbons (Fsp3) is 0.375. The normalized spacial score (nSPS) is 19.1. The Labute approximate surface area is 245 Å². The molecule has 0 radical (unpaired) electrons. The largest absolute Gasteiger partial charge is 0.507 e. The monoisotopic (exact) mass is 577 g/mol. The fourth-order valence-electron chi connectivity index (χ4n) is 5.65. The lowest BCUT2D eigenvalue weighted by atomic mass is 9.84. The maximum Gasteiger partial charge on any atom is 0.215 e. The molecule has 2 aliphatic carbocycles. The number of carbonyl (C=O) groups excluding carboxylic acids is 2. The van der Waals surface area contributed by atoms with Gasteiger partial charge in [-0.3, -0.25) is 19.5 Å². The number of amidine groups is 1. The number of phenolic OH excluding ortho intramolecular Hbond substituents is 1. The number of anilines is 1. The number of nitrogens with one attached hydrogen (secondary N) is 1. The molecule has 42 heavy (non-hydrogen) atoms. The second-order valence-electron chi connectivity index (χ2n) is 10.7. The Kier molecular flexibility index (Phi) is 9.88. The van der Waals surface area contributed by atoms with E-state index in [2.05, 4.69) is 27.9 Å². The van der Waals surface area contributed by atoms with Crippen LogP contribution in [0.5, 0.6) is 5.75 Å². The van der Waals surface area contributed by atoms with Gasteiger partial charge in [0.25, 0.3) is 0 Å². The van der Waals surface area contributed by atoms with Gasteiger partial charge in [-0.15, -0.1) is 6.58 Å². The topological polar surface area (TPSA) is 98.1 Å². The molecule has 8 nitrogen and oxygen atoms in total. The van der Waals surface area contributed by atoms with Gasteiger partial charge in [-0.1, -0.05) is 30.4 Å². The van der Waals surface area contributed by atoms with E-state index in [1.807, 2.05) is 30.9 Å². The van der Waals surface area contributed by atoms with Crippen LogP contribution in [0.3, 0.4) is 0 Å². The number of aromatic nitrogens is 1. The summed E-state index contributed by atoms with van der Waals surface area (Å²) in [5.41, 5.74) is 0.331. The minimum Gasteiger partial charge on any atom is -0.507 e. The first kappa shape index (κ1) is 30.6. The number of allylic oxidation sites excluding steroid dienone is 2. The molecule has 0 spiro atoms. The molecule has 1 aromatic carbocycles. The average molecular weight is 578 g/mol. The van der Waals surface area contributed by atoms with E-state index in [0.717, 1.165) is 24.5 Å². The number of nitrogens with zero attached hydrogens (tertiary/aromatic N) is 4. The molecule has 2 aliphatic rings. The zero-order chi connectivity index (χ0) is 30.4. The highest BCUT2D eigenvalue weighted by Crippen LogP contribution is 2.45. The van der Waals surface area contributed by atoms with E-state index in [-0.39, 0.29) is 29.9 Å². The van der Waals surface area contributed by atoms with Crippen LogP contribution in [0.2, 0.25) is 0 Å². The lowest BCUT2D eigenvalue weighted by molar-refractivity contribution is -0.110. The number of aliphatic imine (C=N–C) groups is 1. The molecule has 222 valence electrons. The number of rotatable bonds is 13. The number of hydrogen-bond donors (Lipinski definition) is 2. The molecule has 3 unspecified atom stereocenters. The first-order valence-electron chi connectivity index (χ1n) is 14.1. The van der Waals surface area contributed by atoms with Gasteiger partial charge in [-0.25, -0.2) is 13.8 Å². The van der Waals surface area contributed by atoms with Gasteiger partial charge in [0.2, 0.25) is 12.8 Å². The molecular weight excluding hydrogens is 540 g/mol. The quantitative estimate of drug-likeness (QED) is 0.151. The summed E-state index contributed by atoms with van der Waals surface area (Å²) >= 11 is 0. The lowest BCUT2D eigenvalue weighted by Crippen LogP contribution is -2.47. The summed E-state index contributed by atoms with van der Waals surface area (Å²) in [7, 11) is 1.56. The molecule has 2 N–H and O–H groups in total. The third-order valence-corrected chi connectivity index (χ3v) is 7.86. The van der Waals surface area contributed by atoms with Crippen LogP contribution in [0.4, 0.5) is 14.6 Å². The Balaban J connectivity index is 1.96. The molecule has 1 heterocycles. The van der Waals surface area contributed by atoms with E-state index >= 15 is 4.39 Å². The van der Waals surface area contributed by atoms with Gasteiger partial charge in [0.05, 0.1) is 17.2 Å². The maximum absolute atomic E-state index is 16.0. The Hall–Kier alpha value is -4.34. The van der Waals surface area contributed by atoms with E-state index in [1.54, 1.807) is 13.1 Å². The summed E-state index contributed by atoms with van der Waals surface area (Å²) in [4.78, 5) is 36.5. The molecular formula is C32H37F2N5O3. The fourth-order valence-corrected chi connectivity index (χ4v) is 5.65. The Morgan fingerprint density at radius 1 is 1.29 bits per heavy atom. The Morgan fingerprint density at radius 3 is 2.67 bits per heavy atom. The molecule has 1 aromatic heterocycles. The van der Waals surface area contributed by atoms with Crippen LogP contribution < -0.4 is 10.2 Å². The highest BCUT2D eigenvalue weighted by molar-refractivity contribution is 6.05. The van der Waals surface area contributed by atoms with Gasteiger partial charge in [0.15, 0.2) is 5.82 Å². The number of hydrogen-bond acceptors (Lipinski definition) is 5. The van der Waals surface area contributed by atoms with Crippen molar-refractivity contribution in [2.24, 2.45) is 16.8 Å². The third-order valence-electron chi connectivity index (χ3n) is 7.86. The summed E-state index contributed by atoms with van der Waals surface area (Å²) in [5.74, 6) is -1.40. The SMILES string of the molecule is C=CCCN(/C(=N/C)c1cc(F)c(-c2c(O)cccc2F)nc1N(C=O)C1C(C)=CC=CC1C1CC1)C(C)CNC=O. The Bertz CT molecular complexity index is 1400. The molecule has 3 atom stereocenters. The van der Waals surface area contributed by atoms with Gasteiger partial charge in [0, 0.05) is 32.1 Å². The maximum atomic E-state index is 16.0. The first-order chi connectivity index (χ1) is 20.3. The van der Waals surface area contributed by atoms with Crippen LogP contribution in [0, 0.1) is 23.5 Å². The average Bonchev–Trinajstić information content (AvgIpc) is 3.82. The van der Waals surface area contributed by atoms with Crippen LogP contribution in [-0.2, 0) is 9.59 Å². The van der Waals surface area contributed by atoms with Crippen LogP contribution in [0.1, 0.15) is 38.7 Å². The predicted octanol–water partition coefficient (Wildman–Crippen LogP) is 5.00. The third kappa shape index (κ3) is 6.27. The van der Waals surface area contributed by atoms with Gasteiger partial charge >= 0.3 is 0 Å². The van der Waals surface area contributed by atoms with Crippen molar-refractivity contribution < 1.29 is 23.5 Å². The summed E-state index contributed by atoms with van der Waals surface area (Å²) in [6.45, 7) is 8.35.